The number of aromatic carboxylic acids is 1. The van der Waals surface area contributed by atoms with Crippen molar-refractivity contribution in [3.05, 3.63) is 64.8 Å². The van der Waals surface area contributed by atoms with Gasteiger partial charge in [0.25, 0.3) is 0 Å². The quantitative estimate of drug-likeness (QED) is 0.754. The Morgan fingerprint density at radius 2 is 1.90 bits per heavy atom. The van der Waals surface area contributed by atoms with E-state index in [0.29, 0.717) is 10.6 Å². The Labute approximate surface area is 126 Å². The average Bonchev–Trinajstić information content (AvgIpc) is 2.46. The number of aryl methyl sites for hydroxylation is 1. The third-order valence-electron chi connectivity index (χ3n) is 3.35. The molecule has 1 N–H and O–H groups in total. The number of carbonyl (C=O) groups is 1. The fourth-order valence-electron chi connectivity index (χ4n) is 2.34. The Hall–Kier alpha value is -2.39. The van der Waals surface area contributed by atoms with Crippen LogP contribution in [0.1, 0.15) is 16.1 Å². The summed E-state index contributed by atoms with van der Waals surface area (Å²) in [5.74, 6) is -0.991. The third kappa shape index (κ3) is 2.60. The Morgan fingerprint density at radius 3 is 2.67 bits per heavy atom. The van der Waals surface area contributed by atoms with Crippen LogP contribution in [0.25, 0.3) is 22.0 Å². The maximum absolute atomic E-state index is 11.4. The summed E-state index contributed by atoms with van der Waals surface area (Å²) in [6.45, 7) is 1.94. The minimum absolute atomic E-state index is 0.196. The van der Waals surface area contributed by atoms with E-state index < -0.39 is 5.97 Å². The lowest BCUT2D eigenvalue weighted by Gasteiger charge is -2.08. The Morgan fingerprint density at radius 1 is 1.10 bits per heavy atom. The summed E-state index contributed by atoms with van der Waals surface area (Å²) in [7, 11) is 0. The molecule has 0 atom stereocenters. The minimum atomic E-state index is -0.991. The predicted octanol–water partition coefficient (Wildman–Crippen LogP) is 4.56. The maximum atomic E-state index is 11.4. The van der Waals surface area contributed by atoms with Crippen molar-refractivity contribution in [2.24, 2.45) is 0 Å². The predicted molar refractivity (Wildman–Crippen MR) is 83.9 cm³/mol. The number of carboxylic acids is 1. The highest BCUT2D eigenvalue weighted by Gasteiger charge is 2.12. The van der Waals surface area contributed by atoms with Crippen LogP contribution in [0, 0.1) is 6.92 Å². The fraction of sp³-hybridized carbons (Fsp3) is 0.0588. The van der Waals surface area contributed by atoms with Crippen molar-refractivity contribution >= 4 is 28.5 Å². The first-order valence-electron chi connectivity index (χ1n) is 6.45. The van der Waals surface area contributed by atoms with E-state index in [4.69, 9.17) is 11.6 Å². The molecule has 0 fully saturated rings. The largest absolute Gasteiger partial charge is 0.478 e. The van der Waals surface area contributed by atoms with E-state index in [1.807, 2.05) is 37.3 Å². The van der Waals surface area contributed by atoms with Gasteiger partial charge in [0.1, 0.15) is 0 Å². The minimum Gasteiger partial charge on any atom is -0.478 e. The lowest BCUT2D eigenvalue weighted by molar-refractivity contribution is 0.0697. The smallest absolute Gasteiger partial charge is 0.336 e. The standard InChI is InChI=1S/C17H12ClNO2/c1-10-2-3-12-8-11(4-7-16(12)19-10)14-6-5-13(18)9-15(14)17(20)21/h2-9H,1H3,(H,20,21). The summed E-state index contributed by atoms with van der Waals surface area (Å²) in [4.78, 5) is 15.8. The maximum Gasteiger partial charge on any atom is 0.336 e. The number of fused-ring (bicyclic) bond motifs is 1. The number of rotatable bonds is 2. The number of hydrogen-bond acceptors (Lipinski definition) is 2. The van der Waals surface area contributed by atoms with Gasteiger partial charge in [0, 0.05) is 16.1 Å². The number of benzene rings is 2. The number of halogens is 1. The van der Waals surface area contributed by atoms with Crippen molar-refractivity contribution < 1.29 is 9.90 Å². The molecule has 3 nitrogen and oxygen atoms in total. The molecule has 0 saturated heterocycles. The normalized spacial score (nSPS) is 10.8. The molecule has 0 unspecified atom stereocenters. The first-order valence-corrected chi connectivity index (χ1v) is 6.83. The summed E-state index contributed by atoms with van der Waals surface area (Å²) in [6.07, 6.45) is 0. The molecule has 0 aliphatic heterocycles. The zero-order valence-corrected chi connectivity index (χ0v) is 12.1. The zero-order chi connectivity index (χ0) is 15.0. The highest BCUT2D eigenvalue weighted by atomic mass is 35.5. The number of pyridine rings is 1. The highest BCUT2D eigenvalue weighted by molar-refractivity contribution is 6.31. The van der Waals surface area contributed by atoms with Gasteiger partial charge in [-0.25, -0.2) is 4.79 Å². The van der Waals surface area contributed by atoms with Gasteiger partial charge in [0.15, 0.2) is 0 Å². The molecule has 2 aromatic carbocycles. The van der Waals surface area contributed by atoms with E-state index in [9.17, 15) is 9.90 Å². The van der Waals surface area contributed by atoms with Crippen LogP contribution >= 0.6 is 11.6 Å². The van der Waals surface area contributed by atoms with Gasteiger partial charge >= 0.3 is 5.97 Å². The highest BCUT2D eigenvalue weighted by Crippen LogP contribution is 2.29. The number of aromatic nitrogens is 1. The van der Waals surface area contributed by atoms with E-state index in [1.54, 1.807) is 12.1 Å². The molecular weight excluding hydrogens is 286 g/mol. The second-order valence-electron chi connectivity index (χ2n) is 4.86. The summed E-state index contributed by atoms with van der Waals surface area (Å²) in [6, 6.07) is 14.5. The van der Waals surface area contributed by atoms with Crippen LogP contribution in [0.2, 0.25) is 5.02 Å². The molecule has 0 aliphatic carbocycles. The van der Waals surface area contributed by atoms with E-state index in [1.165, 1.54) is 6.07 Å². The monoisotopic (exact) mass is 297 g/mol. The SMILES string of the molecule is Cc1ccc2cc(-c3ccc(Cl)cc3C(=O)O)ccc2n1. The van der Waals surface area contributed by atoms with Crippen LogP contribution in [-0.4, -0.2) is 16.1 Å². The van der Waals surface area contributed by atoms with Gasteiger partial charge in [-0.2, -0.15) is 0 Å². The van der Waals surface area contributed by atoms with Gasteiger partial charge in [-0.15, -0.1) is 0 Å². The van der Waals surface area contributed by atoms with Gasteiger partial charge in [0.2, 0.25) is 0 Å². The molecule has 0 bridgehead atoms. The molecule has 3 aromatic rings. The van der Waals surface area contributed by atoms with Crippen molar-refractivity contribution in [3.63, 3.8) is 0 Å². The summed E-state index contributed by atoms with van der Waals surface area (Å²) >= 11 is 5.89. The fourth-order valence-corrected chi connectivity index (χ4v) is 2.51. The van der Waals surface area contributed by atoms with E-state index in [2.05, 4.69) is 4.98 Å². The molecule has 0 saturated carbocycles. The molecule has 0 amide bonds. The molecule has 3 rings (SSSR count). The summed E-state index contributed by atoms with van der Waals surface area (Å²) in [5, 5.41) is 10.7. The van der Waals surface area contributed by atoms with Gasteiger partial charge < -0.3 is 5.11 Å². The van der Waals surface area contributed by atoms with Crippen LogP contribution in [0.5, 0.6) is 0 Å². The van der Waals surface area contributed by atoms with E-state index in [-0.39, 0.29) is 5.56 Å². The van der Waals surface area contributed by atoms with Crippen LogP contribution in [0.15, 0.2) is 48.5 Å². The molecule has 0 radical (unpaired) electrons. The lowest BCUT2D eigenvalue weighted by atomic mass is 9.98. The lowest BCUT2D eigenvalue weighted by Crippen LogP contribution is -1.99. The van der Waals surface area contributed by atoms with Crippen molar-refractivity contribution in [1.29, 1.82) is 0 Å². The Kier molecular flexibility index (Phi) is 3.35. The van der Waals surface area contributed by atoms with Crippen LogP contribution in [0.3, 0.4) is 0 Å². The average molecular weight is 298 g/mol. The molecular formula is C17H12ClNO2. The molecule has 104 valence electrons. The van der Waals surface area contributed by atoms with Crippen molar-refractivity contribution in [1.82, 2.24) is 4.98 Å². The molecule has 4 heteroatoms. The number of hydrogen-bond donors (Lipinski definition) is 1. The Balaban J connectivity index is 2.21. The number of carboxylic acid groups (broad SMARTS) is 1. The van der Waals surface area contributed by atoms with Crippen LogP contribution in [-0.2, 0) is 0 Å². The second-order valence-corrected chi connectivity index (χ2v) is 5.29. The van der Waals surface area contributed by atoms with E-state index in [0.717, 1.165) is 22.2 Å². The molecule has 21 heavy (non-hydrogen) atoms. The summed E-state index contributed by atoms with van der Waals surface area (Å²) in [5.41, 5.74) is 3.52. The van der Waals surface area contributed by atoms with Crippen molar-refractivity contribution in [2.45, 2.75) is 6.92 Å². The van der Waals surface area contributed by atoms with Crippen molar-refractivity contribution in [2.75, 3.05) is 0 Å². The van der Waals surface area contributed by atoms with Gasteiger partial charge in [-0.05, 0) is 48.4 Å². The van der Waals surface area contributed by atoms with Crippen LogP contribution in [0.4, 0.5) is 0 Å². The third-order valence-corrected chi connectivity index (χ3v) is 3.59. The molecule has 1 heterocycles. The van der Waals surface area contributed by atoms with Gasteiger partial charge in [0.05, 0.1) is 11.1 Å². The Bertz CT molecular complexity index is 859. The summed E-state index contributed by atoms with van der Waals surface area (Å²) < 4.78 is 0. The first kappa shape index (κ1) is 13.6. The van der Waals surface area contributed by atoms with Crippen molar-refractivity contribution in [3.8, 4) is 11.1 Å². The zero-order valence-electron chi connectivity index (χ0n) is 11.3. The first-order chi connectivity index (χ1) is 10.0. The number of nitrogens with zero attached hydrogens (tertiary/aromatic N) is 1. The van der Waals surface area contributed by atoms with Gasteiger partial charge in [-0.1, -0.05) is 29.8 Å². The van der Waals surface area contributed by atoms with Gasteiger partial charge in [-0.3, -0.25) is 4.98 Å². The molecule has 1 aromatic heterocycles. The molecule has 0 aliphatic rings. The topological polar surface area (TPSA) is 50.2 Å². The van der Waals surface area contributed by atoms with E-state index >= 15 is 0 Å². The molecule has 0 spiro atoms. The second kappa shape index (κ2) is 5.19. The van der Waals surface area contributed by atoms with Crippen LogP contribution < -0.4 is 0 Å².